The van der Waals surface area contributed by atoms with Crippen LogP contribution < -0.4 is 0 Å². The summed E-state index contributed by atoms with van der Waals surface area (Å²) in [5.41, 5.74) is 7.55. The average molecular weight is 439 g/mol. The lowest BCUT2D eigenvalue weighted by molar-refractivity contribution is 0.152. The molecule has 0 fully saturated rings. The van der Waals surface area contributed by atoms with Crippen molar-refractivity contribution in [2.24, 2.45) is 0 Å². The van der Waals surface area contributed by atoms with Gasteiger partial charge in [0.2, 0.25) is 0 Å². The van der Waals surface area contributed by atoms with E-state index in [1.165, 1.54) is 27.8 Å². The summed E-state index contributed by atoms with van der Waals surface area (Å²) in [6.07, 6.45) is 9.28. The molecular weight excluding hydrogens is 395 g/mol. The fourth-order valence-corrected chi connectivity index (χ4v) is 4.81. The molecule has 1 N–H and O–H groups in total. The van der Waals surface area contributed by atoms with Gasteiger partial charge in [-0.25, -0.2) is 4.39 Å². The highest BCUT2D eigenvalue weighted by molar-refractivity contribution is 5.56. The maximum Gasteiger partial charge on any atom is 0.116 e. The smallest absolute Gasteiger partial charge is 0.116 e. The summed E-state index contributed by atoms with van der Waals surface area (Å²) in [6.45, 7) is 12.6. The molecule has 1 nitrogen and oxygen atoms in total. The number of hydrogen-bond donors (Lipinski definition) is 1. The van der Waals surface area contributed by atoms with Gasteiger partial charge in [-0.1, -0.05) is 82.2 Å². The number of aryl methyl sites for hydroxylation is 3. The van der Waals surface area contributed by atoms with Crippen molar-refractivity contribution in [1.29, 1.82) is 0 Å². The zero-order valence-corrected chi connectivity index (χ0v) is 21.0. The van der Waals surface area contributed by atoms with Crippen LogP contribution in [0.4, 0.5) is 4.39 Å². The molecule has 2 atom stereocenters. The molecule has 0 saturated heterocycles. The van der Waals surface area contributed by atoms with Crippen molar-refractivity contribution in [3.63, 3.8) is 0 Å². The van der Waals surface area contributed by atoms with E-state index in [2.05, 4.69) is 71.0 Å². The van der Waals surface area contributed by atoms with Crippen LogP contribution in [0.15, 0.2) is 42.5 Å². The molecule has 0 bridgehead atoms. The number of hydrogen-bond acceptors (Lipinski definition) is 1. The van der Waals surface area contributed by atoms with E-state index >= 15 is 0 Å². The van der Waals surface area contributed by atoms with Crippen LogP contribution in [0.25, 0.3) is 6.08 Å². The van der Waals surface area contributed by atoms with Gasteiger partial charge in [-0.3, -0.25) is 0 Å². The molecule has 0 spiro atoms. The predicted molar refractivity (Wildman–Crippen MR) is 137 cm³/mol. The lowest BCUT2D eigenvalue weighted by atomic mass is 9.69. The summed E-state index contributed by atoms with van der Waals surface area (Å²) in [6, 6.07) is 13.5. The number of aliphatic hydroxyl groups excluding tert-OH is 1. The second kappa shape index (κ2) is 12.3. The van der Waals surface area contributed by atoms with Crippen molar-refractivity contribution in [2.75, 3.05) is 0 Å². The zero-order chi connectivity index (χ0) is 23.7. The summed E-state index contributed by atoms with van der Waals surface area (Å²) in [5.74, 6) is 0. The third-order valence-electron chi connectivity index (χ3n) is 7.10. The number of benzene rings is 2. The number of aliphatic hydroxyl groups is 1. The molecule has 2 aromatic carbocycles. The monoisotopic (exact) mass is 438 g/mol. The Hall–Kier alpha value is -1.93. The van der Waals surface area contributed by atoms with Crippen molar-refractivity contribution in [3.8, 4) is 0 Å². The van der Waals surface area contributed by atoms with Gasteiger partial charge in [-0.05, 0) is 86.3 Å². The number of alkyl halides is 1. The van der Waals surface area contributed by atoms with E-state index in [9.17, 15) is 9.50 Å². The molecule has 0 saturated carbocycles. The van der Waals surface area contributed by atoms with Crippen LogP contribution in [-0.4, -0.2) is 17.4 Å². The van der Waals surface area contributed by atoms with Crippen LogP contribution in [-0.2, 0) is 11.8 Å². The van der Waals surface area contributed by atoms with E-state index < -0.39 is 6.17 Å². The van der Waals surface area contributed by atoms with Crippen molar-refractivity contribution >= 4 is 6.08 Å². The van der Waals surface area contributed by atoms with Crippen LogP contribution in [0.1, 0.15) is 99.6 Å². The summed E-state index contributed by atoms with van der Waals surface area (Å²) in [7, 11) is 0. The third kappa shape index (κ3) is 6.54. The number of allylic oxidation sites excluding steroid dienone is 1. The highest BCUT2D eigenvalue weighted by Crippen LogP contribution is 2.40. The molecule has 0 aromatic heterocycles. The topological polar surface area (TPSA) is 20.2 Å². The molecule has 176 valence electrons. The van der Waals surface area contributed by atoms with E-state index in [0.717, 1.165) is 50.5 Å². The fraction of sp³-hybridized carbons (Fsp3) is 0.533. The zero-order valence-electron chi connectivity index (χ0n) is 21.0. The standard InChI is InChI=1S/C30H43FO/c1-7-10-11-29(32)19-16-26-15-18-28(21-23(26)5)30(8-2,9-3)27-17-14-25(22(4)20-27)13-12-24(6)31/h12-15,17-18,20-21,24,29,32H,7-11,16,19H2,1-6H3/b13-12+. The van der Waals surface area contributed by atoms with E-state index in [0.29, 0.717) is 0 Å². The van der Waals surface area contributed by atoms with E-state index in [-0.39, 0.29) is 11.5 Å². The molecular formula is C30H43FO. The minimum absolute atomic E-state index is 0.0374. The van der Waals surface area contributed by atoms with Crippen molar-refractivity contribution in [1.82, 2.24) is 0 Å². The molecule has 0 aliphatic heterocycles. The third-order valence-corrected chi connectivity index (χ3v) is 7.10. The Labute approximate surface area is 195 Å². The first-order valence-corrected chi connectivity index (χ1v) is 12.5. The highest BCUT2D eigenvalue weighted by atomic mass is 19.1. The average Bonchev–Trinajstić information content (AvgIpc) is 2.77. The summed E-state index contributed by atoms with van der Waals surface area (Å²) < 4.78 is 13.2. The van der Waals surface area contributed by atoms with Gasteiger partial charge in [0.25, 0.3) is 0 Å². The summed E-state index contributed by atoms with van der Waals surface area (Å²) in [5, 5.41) is 10.2. The van der Waals surface area contributed by atoms with Gasteiger partial charge in [-0.2, -0.15) is 0 Å². The van der Waals surface area contributed by atoms with Gasteiger partial charge in [0.05, 0.1) is 6.10 Å². The highest BCUT2D eigenvalue weighted by Gasteiger charge is 2.31. The minimum atomic E-state index is -0.936. The molecule has 2 rings (SSSR count). The van der Waals surface area contributed by atoms with E-state index in [4.69, 9.17) is 0 Å². The largest absolute Gasteiger partial charge is 0.393 e. The second-order valence-corrected chi connectivity index (χ2v) is 9.37. The quantitative estimate of drug-likeness (QED) is 0.353. The Kier molecular flexibility index (Phi) is 10.2. The van der Waals surface area contributed by atoms with Gasteiger partial charge in [-0.15, -0.1) is 0 Å². The number of rotatable bonds is 12. The van der Waals surface area contributed by atoms with Crippen LogP contribution in [0.2, 0.25) is 0 Å². The molecule has 0 radical (unpaired) electrons. The summed E-state index contributed by atoms with van der Waals surface area (Å²) >= 11 is 0. The fourth-order valence-electron chi connectivity index (χ4n) is 4.81. The number of unbranched alkanes of at least 4 members (excludes halogenated alkanes) is 1. The van der Waals surface area contributed by atoms with Gasteiger partial charge in [0.1, 0.15) is 6.17 Å². The lowest BCUT2D eigenvalue weighted by Crippen LogP contribution is -2.26. The lowest BCUT2D eigenvalue weighted by Gasteiger charge is -2.34. The molecule has 2 heteroatoms. The molecule has 2 aromatic rings. The SMILES string of the molecule is CCCCC(O)CCc1ccc(C(CC)(CC)c2ccc(/C=C/C(C)F)c(C)c2)cc1C. The first-order valence-electron chi connectivity index (χ1n) is 12.5. The number of halogens is 1. The minimum Gasteiger partial charge on any atom is -0.393 e. The van der Waals surface area contributed by atoms with Crippen LogP contribution in [0.5, 0.6) is 0 Å². The van der Waals surface area contributed by atoms with Crippen molar-refractivity contribution < 1.29 is 9.50 Å². The van der Waals surface area contributed by atoms with Crippen molar-refractivity contribution in [3.05, 3.63) is 75.9 Å². The Bertz CT molecular complexity index is 876. The molecule has 32 heavy (non-hydrogen) atoms. The molecule has 0 heterocycles. The first-order chi connectivity index (χ1) is 15.3. The second-order valence-electron chi connectivity index (χ2n) is 9.37. The van der Waals surface area contributed by atoms with Crippen LogP contribution in [0, 0.1) is 13.8 Å². The van der Waals surface area contributed by atoms with Crippen molar-refractivity contribution in [2.45, 2.75) is 104 Å². The Morgan fingerprint density at radius 2 is 1.56 bits per heavy atom. The van der Waals surface area contributed by atoms with Crippen LogP contribution in [0.3, 0.4) is 0 Å². The molecule has 0 aliphatic rings. The van der Waals surface area contributed by atoms with Gasteiger partial charge < -0.3 is 5.11 Å². The van der Waals surface area contributed by atoms with Gasteiger partial charge >= 0.3 is 0 Å². The summed E-state index contributed by atoms with van der Waals surface area (Å²) in [4.78, 5) is 0. The Balaban J connectivity index is 2.31. The van der Waals surface area contributed by atoms with E-state index in [1.807, 2.05) is 6.08 Å². The maximum absolute atomic E-state index is 13.2. The Morgan fingerprint density at radius 1 is 0.938 bits per heavy atom. The van der Waals surface area contributed by atoms with Gasteiger partial charge in [0.15, 0.2) is 0 Å². The molecule has 0 amide bonds. The molecule has 2 unspecified atom stereocenters. The Morgan fingerprint density at radius 3 is 2.09 bits per heavy atom. The maximum atomic E-state index is 13.2. The van der Waals surface area contributed by atoms with Crippen LogP contribution >= 0.6 is 0 Å². The predicted octanol–water partition coefficient (Wildman–Crippen LogP) is 8.26. The normalized spacial score (nSPS) is 14.1. The van der Waals surface area contributed by atoms with E-state index in [1.54, 1.807) is 13.0 Å². The molecule has 0 aliphatic carbocycles. The van der Waals surface area contributed by atoms with Gasteiger partial charge in [0, 0.05) is 5.41 Å². The first kappa shape index (κ1) is 26.3.